The maximum absolute atomic E-state index is 13.2. The molecule has 0 saturated heterocycles. The molecule has 108 valence electrons. The summed E-state index contributed by atoms with van der Waals surface area (Å²) >= 11 is 0. The number of aryl methyl sites for hydroxylation is 2. The summed E-state index contributed by atoms with van der Waals surface area (Å²) in [5.41, 5.74) is 1.50. The molecule has 2 heterocycles. The van der Waals surface area contributed by atoms with E-state index in [2.05, 4.69) is 5.16 Å². The predicted molar refractivity (Wildman–Crippen MR) is 71.3 cm³/mol. The number of benzene rings is 1. The van der Waals surface area contributed by atoms with E-state index in [1.54, 1.807) is 19.9 Å². The fraction of sp³-hybridized carbons (Fsp3) is 0.200. The summed E-state index contributed by atoms with van der Waals surface area (Å²) in [5, 5.41) is 4.28. The van der Waals surface area contributed by atoms with Gasteiger partial charge in [-0.25, -0.2) is 9.18 Å². The number of carbonyl (C=O) groups is 1. The minimum atomic E-state index is -0.621. The van der Waals surface area contributed by atoms with Crippen molar-refractivity contribution in [2.45, 2.75) is 20.5 Å². The molecule has 5 nitrogen and oxygen atoms in total. The molecule has 0 bridgehead atoms. The average molecular weight is 289 g/mol. The molecule has 0 aliphatic rings. The summed E-state index contributed by atoms with van der Waals surface area (Å²) in [6.07, 6.45) is 0. The largest absolute Gasteiger partial charge is 0.453 e. The zero-order chi connectivity index (χ0) is 15.0. The van der Waals surface area contributed by atoms with Gasteiger partial charge in [-0.15, -0.1) is 0 Å². The highest BCUT2D eigenvalue weighted by Gasteiger charge is 2.19. The molecular weight excluding hydrogens is 277 g/mol. The maximum atomic E-state index is 13.2. The minimum absolute atomic E-state index is 0.0129. The number of esters is 1. The van der Waals surface area contributed by atoms with Crippen LogP contribution in [-0.2, 0) is 11.3 Å². The Hall–Kier alpha value is -2.63. The molecule has 0 radical (unpaired) electrons. The number of halogens is 1. The van der Waals surface area contributed by atoms with E-state index in [-0.39, 0.29) is 18.2 Å². The first-order chi connectivity index (χ1) is 10.0. The molecule has 21 heavy (non-hydrogen) atoms. The van der Waals surface area contributed by atoms with Crippen LogP contribution in [0.4, 0.5) is 4.39 Å². The van der Waals surface area contributed by atoms with E-state index in [0.717, 1.165) is 0 Å². The third-order valence-corrected chi connectivity index (χ3v) is 3.11. The first kappa shape index (κ1) is 13.4. The van der Waals surface area contributed by atoms with Crippen LogP contribution in [-0.4, -0.2) is 11.1 Å². The van der Waals surface area contributed by atoms with E-state index < -0.39 is 5.97 Å². The Bertz CT molecular complexity index is 818. The number of furan rings is 1. The van der Waals surface area contributed by atoms with Crippen molar-refractivity contribution in [2.24, 2.45) is 0 Å². The molecule has 0 spiro atoms. The number of hydrogen-bond acceptors (Lipinski definition) is 5. The van der Waals surface area contributed by atoms with Crippen LogP contribution in [0, 0.1) is 19.7 Å². The molecular formula is C15H12FNO4. The van der Waals surface area contributed by atoms with E-state index in [1.807, 2.05) is 0 Å². The molecule has 0 amide bonds. The SMILES string of the molecule is Cc1cc(COC(=O)c2oc3ccc(F)cc3c2C)no1. The Balaban J connectivity index is 1.82. The topological polar surface area (TPSA) is 65.5 Å². The van der Waals surface area contributed by atoms with E-state index >= 15 is 0 Å². The smallest absolute Gasteiger partial charge is 0.374 e. The highest BCUT2D eigenvalue weighted by molar-refractivity contribution is 5.95. The number of rotatable bonds is 3. The Labute approximate surface area is 119 Å². The molecule has 2 aromatic heterocycles. The van der Waals surface area contributed by atoms with Crippen molar-refractivity contribution in [1.29, 1.82) is 0 Å². The second kappa shape index (κ2) is 5.05. The van der Waals surface area contributed by atoms with Crippen LogP contribution < -0.4 is 0 Å². The Morgan fingerprint density at radius 3 is 2.86 bits per heavy atom. The lowest BCUT2D eigenvalue weighted by atomic mass is 10.1. The van der Waals surface area contributed by atoms with Gasteiger partial charge in [0.15, 0.2) is 0 Å². The highest BCUT2D eigenvalue weighted by atomic mass is 19.1. The Morgan fingerprint density at radius 1 is 1.33 bits per heavy atom. The molecule has 0 N–H and O–H groups in total. The summed E-state index contributed by atoms with van der Waals surface area (Å²) in [6.45, 7) is 3.42. The second-order valence-electron chi connectivity index (χ2n) is 4.70. The van der Waals surface area contributed by atoms with E-state index in [1.165, 1.54) is 18.2 Å². The van der Waals surface area contributed by atoms with Crippen molar-refractivity contribution >= 4 is 16.9 Å². The fourth-order valence-corrected chi connectivity index (χ4v) is 2.08. The molecule has 3 rings (SSSR count). The minimum Gasteiger partial charge on any atom is -0.453 e. The molecule has 1 aromatic carbocycles. The van der Waals surface area contributed by atoms with Crippen LogP contribution in [0.3, 0.4) is 0 Å². The highest BCUT2D eigenvalue weighted by Crippen LogP contribution is 2.26. The van der Waals surface area contributed by atoms with Crippen molar-refractivity contribution in [3.63, 3.8) is 0 Å². The first-order valence-electron chi connectivity index (χ1n) is 6.32. The molecule has 6 heteroatoms. The van der Waals surface area contributed by atoms with Gasteiger partial charge in [-0.3, -0.25) is 0 Å². The summed E-state index contributed by atoms with van der Waals surface area (Å²) in [4.78, 5) is 12.0. The van der Waals surface area contributed by atoms with Gasteiger partial charge in [0, 0.05) is 17.0 Å². The van der Waals surface area contributed by atoms with Gasteiger partial charge in [0.25, 0.3) is 0 Å². The average Bonchev–Trinajstić information content (AvgIpc) is 3.01. The lowest BCUT2D eigenvalue weighted by molar-refractivity contribution is 0.0429. The number of ether oxygens (including phenoxy) is 1. The fourth-order valence-electron chi connectivity index (χ4n) is 2.08. The molecule has 0 aliphatic carbocycles. The number of carbonyl (C=O) groups excluding carboxylic acids is 1. The van der Waals surface area contributed by atoms with Gasteiger partial charge >= 0.3 is 5.97 Å². The second-order valence-corrected chi connectivity index (χ2v) is 4.70. The maximum Gasteiger partial charge on any atom is 0.374 e. The molecule has 0 saturated carbocycles. The lowest BCUT2D eigenvalue weighted by Crippen LogP contribution is -2.05. The Morgan fingerprint density at radius 2 is 2.14 bits per heavy atom. The van der Waals surface area contributed by atoms with Crippen molar-refractivity contribution < 1.29 is 22.9 Å². The number of hydrogen-bond donors (Lipinski definition) is 0. The van der Waals surface area contributed by atoms with Gasteiger partial charge < -0.3 is 13.7 Å². The van der Waals surface area contributed by atoms with E-state index in [0.29, 0.717) is 28.0 Å². The Kier molecular flexibility index (Phi) is 3.21. The third-order valence-electron chi connectivity index (χ3n) is 3.11. The first-order valence-corrected chi connectivity index (χ1v) is 6.32. The van der Waals surface area contributed by atoms with Crippen molar-refractivity contribution in [3.8, 4) is 0 Å². The van der Waals surface area contributed by atoms with Gasteiger partial charge in [0.2, 0.25) is 5.76 Å². The number of aromatic nitrogens is 1. The van der Waals surface area contributed by atoms with Crippen LogP contribution in [0.5, 0.6) is 0 Å². The molecule has 0 unspecified atom stereocenters. The van der Waals surface area contributed by atoms with Gasteiger partial charge in [-0.1, -0.05) is 5.16 Å². The summed E-state index contributed by atoms with van der Waals surface area (Å²) < 4.78 is 28.6. The third kappa shape index (κ3) is 2.52. The zero-order valence-electron chi connectivity index (χ0n) is 11.5. The number of nitrogens with zero attached hydrogens (tertiary/aromatic N) is 1. The van der Waals surface area contributed by atoms with E-state index in [4.69, 9.17) is 13.7 Å². The molecule has 0 fully saturated rings. The van der Waals surface area contributed by atoms with Crippen LogP contribution >= 0.6 is 0 Å². The van der Waals surface area contributed by atoms with Crippen LogP contribution in [0.1, 0.15) is 27.6 Å². The predicted octanol–water partition coefficient (Wildman–Crippen LogP) is 3.53. The van der Waals surface area contributed by atoms with Gasteiger partial charge in [0.05, 0.1) is 0 Å². The zero-order valence-corrected chi connectivity index (χ0v) is 11.5. The van der Waals surface area contributed by atoms with Crippen molar-refractivity contribution in [1.82, 2.24) is 5.16 Å². The van der Waals surface area contributed by atoms with Gasteiger partial charge in [-0.05, 0) is 32.0 Å². The van der Waals surface area contributed by atoms with Crippen molar-refractivity contribution in [2.75, 3.05) is 0 Å². The van der Waals surface area contributed by atoms with Crippen LogP contribution in [0.2, 0.25) is 0 Å². The summed E-state index contributed by atoms with van der Waals surface area (Å²) in [5.74, 6) is -0.304. The van der Waals surface area contributed by atoms with Gasteiger partial charge in [0.1, 0.15) is 29.5 Å². The van der Waals surface area contributed by atoms with Crippen molar-refractivity contribution in [3.05, 3.63) is 52.9 Å². The van der Waals surface area contributed by atoms with Crippen LogP contribution in [0.15, 0.2) is 33.2 Å². The normalized spacial score (nSPS) is 11.0. The molecule has 3 aromatic rings. The number of fused-ring (bicyclic) bond motifs is 1. The standard InChI is InChI=1S/C15H12FNO4/c1-8-5-11(17-21-8)7-19-15(18)14-9(2)12-6-10(16)3-4-13(12)20-14/h3-6H,7H2,1-2H3. The lowest BCUT2D eigenvalue weighted by Gasteiger charge is -2.00. The summed E-state index contributed by atoms with van der Waals surface area (Å²) in [6, 6.07) is 5.76. The quantitative estimate of drug-likeness (QED) is 0.690. The van der Waals surface area contributed by atoms with Gasteiger partial charge in [-0.2, -0.15) is 0 Å². The molecule has 0 aliphatic heterocycles. The molecule has 0 atom stereocenters. The monoisotopic (exact) mass is 289 g/mol. The van der Waals surface area contributed by atoms with Crippen LogP contribution in [0.25, 0.3) is 11.0 Å². The summed E-state index contributed by atoms with van der Waals surface area (Å²) in [7, 11) is 0. The van der Waals surface area contributed by atoms with E-state index in [9.17, 15) is 9.18 Å².